The molecule has 0 fully saturated rings. The van der Waals surface area contributed by atoms with E-state index in [0.29, 0.717) is 0 Å². The molecule has 1 heterocycles. The lowest BCUT2D eigenvalue weighted by Gasteiger charge is -2.09. The van der Waals surface area contributed by atoms with Crippen LogP contribution in [0.15, 0.2) is 36.7 Å². The molecule has 0 amide bonds. The summed E-state index contributed by atoms with van der Waals surface area (Å²) in [6, 6.07) is 8.48. The minimum Gasteiger partial charge on any atom is -0.309 e. The van der Waals surface area contributed by atoms with E-state index in [4.69, 9.17) is 0 Å². The van der Waals surface area contributed by atoms with E-state index < -0.39 is 0 Å². The molecule has 0 bridgehead atoms. The molecular formula is C13H18N4. The highest BCUT2D eigenvalue weighted by molar-refractivity contribution is 5.33. The molecule has 0 aliphatic carbocycles. The Morgan fingerprint density at radius 1 is 1.18 bits per heavy atom. The summed E-state index contributed by atoms with van der Waals surface area (Å²) < 4.78 is 1.77. The summed E-state index contributed by atoms with van der Waals surface area (Å²) in [5.41, 5.74) is 2.43. The molecule has 90 valence electrons. The van der Waals surface area contributed by atoms with Crippen LogP contribution >= 0.6 is 0 Å². The largest absolute Gasteiger partial charge is 0.309 e. The van der Waals surface area contributed by atoms with Crippen molar-refractivity contribution in [3.05, 3.63) is 42.2 Å². The number of hydrogen-bond donors (Lipinski definition) is 0. The average molecular weight is 230 g/mol. The summed E-state index contributed by atoms with van der Waals surface area (Å²) in [6.07, 6.45) is 5.84. The van der Waals surface area contributed by atoms with E-state index in [0.717, 1.165) is 18.7 Å². The standard InChI is InChI=1S/C13H18N4/c1-16(2)10-3-4-12-5-7-13(8-6-12)17-11-9-14-15-17/h5-9,11H,3-4,10H2,1-2H3. The molecule has 0 aliphatic rings. The number of benzene rings is 1. The molecule has 0 radical (unpaired) electrons. The highest BCUT2D eigenvalue weighted by Crippen LogP contribution is 2.09. The third-order valence-corrected chi connectivity index (χ3v) is 2.69. The molecule has 0 atom stereocenters. The van der Waals surface area contributed by atoms with Crippen molar-refractivity contribution in [2.45, 2.75) is 12.8 Å². The predicted octanol–water partition coefficient (Wildman–Crippen LogP) is 1.76. The van der Waals surface area contributed by atoms with Crippen LogP contribution in [0.25, 0.3) is 5.69 Å². The highest BCUT2D eigenvalue weighted by Gasteiger charge is 1.98. The van der Waals surface area contributed by atoms with Gasteiger partial charge in [-0.2, -0.15) is 0 Å². The van der Waals surface area contributed by atoms with Gasteiger partial charge in [-0.1, -0.05) is 17.3 Å². The minimum absolute atomic E-state index is 1.05. The number of aromatic nitrogens is 3. The molecule has 2 aromatic rings. The normalized spacial score (nSPS) is 11.0. The summed E-state index contributed by atoms with van der Waals surface area (Å²) >= 11 is 0. The Balaban J connectivity index is 1.94. The van der Waals surface area contributed by atoms with Crippen LogP contribution in [-0.4, -0.2) is 40.5 Å². The Bertz CT molecular complexity index is 431. The number of hydrogen-bond acceptors (Lipinski definition) is 3. The fourth-order valence-electron chi connectivity index (χ4n) is 1.76. The predicted molar refractivity (Wildman–Crippen MR) is 68.2 cm³/mol. The van der Waals surface area contributed by atoms with Crippen molar-refractivity contribution in [2.75, 3.05) is 20.6 Å². The first-order valence-electron chi connectivity index (χ1n) is 5.86. The summed E-state index contributed by atoms with van der Waals surface area (Å²) in [5.74, 6) is 0. The van der Waals surface area contributed by atoms with Gasteiger partial charge in [-0.25, -0.2) is 4.68 Å². The Hall–Kier alpha value is -1.68. The van der Waals surface area contributed by atoms with Crippen molar-refractivity contribution >= 4 is 0 Å². The molecular weight excluding hydrogens is 212 g/mol. The summed E-state index contributed by atoms with van der Waals surface area (Å²) in [6.45, 7) is 1.13. The van der Waals surface area contributed by atoms with E-state index in [1.54, 1.807) is 10.9 Å². The maximum atomic E-state index is 3.96. The molecule has 0 saturated heterocycles. The van der Waals surface area contributed by atoms with E-state index >= 15 is 0 Å². The first-order chi connectivity index (χ1) is 8.25. The van der Waals surface area contributed by atoms with Gasteiger partial charge in [0, 0.05) is 0 Å². The monoisotopic (exact) mass is 230 g/mol. The van der Waals surface area contributed by atoms with Gasteiger partial charge in [0.1, 0.15) is 0 Å². The molecule has 4 heteroatoms. The molecule has 17 heavy (non-hydrogen) atoms. The van der Waals surface area contributed by atoms with E-state index in [1.807, 2.05) is 6.20 Å². The highest BCUT2D eigenvalue weighted by atomic mass is 15.4. The smallest absolute Gasteiger partial charge is 0.0697 e. The van der Waals surface area contributed by atoms with Crippen molar-refractivity contribution in [3.8, 4) is 5.69 Å². The van der Waals surface area contributed by atoms with Crippen molar-refractivity contribution < 1.29 is 0 Å². The summed E-state index contributed by atoms with van der Waals surface area (Å²) in [7, 11) is 4.21. The van der Waals surface area contributed by atoms with Crippen LogP contribution in [-0.2, 0) is 6.42 Å². The maximum absolute atomic E-state index is 3.96. The van der Waals surface area contributed by atoms with Crippen molar-refractivity contribution in [2.24, 2.45) is 0 Å². The van der Waals surface area contributed by atoms with Crippen molar-refractivity contribution in [3.63, 3.8) is 0 Å². The van der Waals surface area contributed by atoms with Crippen LogP contribution in [0.3, 0.4) is 0 Å². The van der Waals surface area contributed by atoms with Crippen LogP contribution in [0, 0.1) is 0 Å². The van der Waals surface area contributed by atoms with Gasteiger partial charge in [0.2, 0.25) is 0 Å². The van der Waals surface area contributed by atoms with Gasteiger partial charge >= 0.3 is 0 Å². The Morgan fingerprint density at radius 3 is 2.53 bits per heavy atom. The van der Waals surface area contributed by atoms with Crippen LogP contribution < -0.4 is 0 Å². The van der Waals surface area contributed by atoms with E-state index in [2.05, 4.69) is 53.6 Å². The summed E-state index contributed by atoms with van der Waals surface area (Å²) in [5, 5.41) is 7.76. The topological polar surface area (TPSA) is 34.0 Å². The third kappa shape index (κ3) is 3.39. The molecule has 2 rings (SSSR count). The second-order valence-electron chi connectivity index (χ2n) is 4.42. The second-order valence-corrected chi connectivity index (χ2v) is 4.42. The molecule has 0 aliphatic heterocycles. The van der Waals surface area contributed by atoms with E-state index in [-0.39, 0.29) is 0 Å². The van der Waals surface area contributed by atoms with Gasteiger partial charge in [-0.15, -0.1) is 5.10 Å². The van der Waals surface area contributed by atoms with Crippen LogP contribution in [0.5, 0.6) is 0 Å². The second kappa shape index (κ2) is 5.59. The van der Waals surface area contributed by atoms with Gasteiger partial charge in [0.15, 0.2) is 0 Å². The lowest BCUT2D eigenvalue weighted by atomic mass is 10.1. The Kier molecular flexibility index (Phi) is 3.88. The van der Waals surface area contributed by atoms with Crippen molar-refractivity contribution in [1.82, 2.24) is 19.9 Å². The molecule has 1 aromatic heterocycles. The molecule has 4 nitrogen and oxygen atoms in total. The van der Waals surface area contributed by atoms with Crippen LogP contribution in [0.2, 0.25) is 0 Å². The molecule has 1 aromatic carbocycles. The molecule has 0 N–H and O–H groups in total. The number of rotatable bonds is 5. The Morgan fingerprint density at radius 2 is 1.94 bits per heavy atom. The van der Waals surface area contributed by atoms with Crippen molar-refractivity contribution in [1.29, 1.82) is 0 Å². The Labute approximate surface area is 102 Å². The zero-order chi connectivity index (χ0) is 12.1. The van der Waals surface area contributed by atoms with Gasteiger partial charge < -0.3 is 4.90 Å². The summed E-state index contributed by atoms with van der Waals surface area (Å²) in [4.78, 5) is 2.21. The van der Waals surface area contributed by atoms with Crippen LogP contribution in [0.1, 0.15) is 12.0 Å². The van der Waals surface area contributed by atoms with E-state index in [1.165, 1.54) is 12.0 Å². The first kappa shape index (κ1) is 11.8. The lowest BCUT2D eigenvalue weighted by molar-refractivity contribution is 0.400. The zero-order valence-electron chi connectivity index (χ0n) is 10.4. The molecule has 0 unspecified atom stereocenters. The minimum atomic E-state index is 1.05. The zero-order valence-corrected chi connectivity index (χ0v) is 10.4. The number of nitrogens with zero attached hydrogens (tertiary/aromatic N) is 4. The van der Waals surface area contributed by atoms with E-state index in [9.17, 15) is 0 Å². The lowest BCUT2D eigenvalue weighted by Crippen LogP contribution is -2.13. The quantitative estimate of drug-likeness (QED) is 0.785. The number of aryl methyl sites for hydroxylation is 1. The van der Waals surface area contributed by atoms with Crippen LogP contribution in [0.4, 0.5) is 0 Å². The average Bonchev–Trinajstić information content (AvgIpc) is 2.83. The fraction of sp³-hybridized carbons (Fsp3) is 0.385. The molecule has 0 spiro atoms. The molecule has 0 saturated carbocycles. The van der Waals surface area contributed by atoms with Gasteiger partial charge in [-0.3, -0.25) is 0 Å². The maximum Gasteiger partial charge on any atom is 0.0697 e. The third-order valence-electron chi connectivity index (χ3n) is 2.69. The first-order valence-corrected chi connectivity index (χ1v) is 5.86. The van der Waals surface area contributed by atoms with Gasteiger partial charge in [-0.05, 0) is 51.2 Å². The fourth-order valence-corrected chi connectivity index (χ4v) is 1.76. The van der Waals surface area contributed by atoms with Gasteiger partial charge in [0.25, 0.3) is 0 Å². The van der Waals surface area contributed by atoms with Gasteiger partial charge in [0.05, 0.1) is 18.1 Å². The SMILES string of the molecule is CN(C)CCCc1ccc(-n2ccnn2)cc1.